The quantitative estimate of drug-likeness (QED) is 0.613. The van der Waals surface area contributed by atoms with Gasteiger partial charge in [0.2, 0.25) is 0 Å². The molecule has 0 N–H and O–H groups in total. The van der Waals surface area contributed by atoms with Crippen LogP contribution in [-0.2, 0) is 22.3 Å². The van der Waals surface area contributed by atoms with Gasteiger partial charge in [-0.15, -0.1) is 0 Å². The third-order valence-corrected chi connectivity index (χ3v) is 5.59. The maximum Gasteiger partial charge on any atom is 0.416 e. The van der Waals surface area contributed by atoms with Gasteiger partial charge in [-0.05, 0) is 23.8 Å². The molecule has 1 aromatic heterocycles. The van der Waals surface area contributed by atoms with Crippen LogP contribution in [0.3, 0.4) is 0 Å². The highest BCUT2D eigenvalue weighted by atomic mass is 32.2. The van der Waals surface area contributed by atoms with Gasteiger partial charge in [-0.1, -0.05) is 42.1 Å². The van der Waals surface area contributed by atoms with Crippen molar-refractivity contribution in [3.63, 3.8) is 0 Å². The lowest BCUT2D eigenvalue weighted by atomic mass is 10.2. The topological polar surface area (TPSA) is 44.1 Å². The number of hydrogen-bond donors (Lipinski definition) is 0. The van der Waals surface area contributed by atoms with Crippen LogP contribution >= 0.6 is 11.8 Å². The van der Waals surface area contributed by atoms with Crippen molar-refractivity contribution in [2.75, 3.05) is 6.61 Å². The number of nitrogens with zero attached hydrogens (tertiary/aromatic N) is 2. The highest BCUT2D eigenvalue weighted by Crippen LogP contribution is 2.35. The number of aromatic nitrogens is 2. The summed E-state index contributed by atoms with van der Waals surface area (Å²) in [5, 5.41) is 0.121. The molecule has 4 rings (SSSR count). The first-order valence-corrected chi connectivity index (χ1v) is 9.24. The first-order chi connectivity index (χ1) is 12.9. The van der Waals surface area contributed by atoms with Crippen molar-refractivity contribution in [2.45, 2.75) is 29.5 Å². The number of cyclic esters (lactones) is 1. The molecule has 1 atom stereocenters. The highest BCUT2D eigenvalue weighted by molar-refractivity contribution is 8.00. The smallest absolute Gasteiger partial charge is 0.416 e. The molecule has 0 radical (unpaired) electrons. The van der Waals surface area contributed by atoms with Gasteiger partial charge in [0.15, 0.2) is 5.16 Å². The Hall–Kier alpha value is -2.48. The molecule has 8 heteroatoms. The zero-order chi connectivity index (χ0) is 19.0. The molecule has 3 aromatic rings. The third kappa shape index (κ3) is 3.66. The second-order valence-corrected chi connectivity index (χ2v) is 7.40. The van der Waals surface area contributed by atoms with Crippen molar-refractivity contribution in [3.05, 3.63) is 59.7 Å². The van der Waals surface area contributed by atoms with Crippen molar-refractivity contribution in [1.29, 1.82) is 0 Å². The number of rotatable bonds is 4. The lowest BCUT2D eigenvalue weighted by Gasteiger charge is -2.11. The van der Waals surface area contributed by atoms with Crippen molar-refractivity contribution in [3.8, 4) is 0 Å². The van der Waals surface area contributed by atoms with E-state index < -0.39 is 17.0 Å². The minimum absolute atomic E-state index is 0.259. The standard InChI is InChI=1S/C19H15F3N2O2S/c20-19(21,22)13-6-7-15-14(10-13)23-18(27-16-8-9-26-17(16)25)24(15)11-12-4-2-1-3-5-12/h1-7,10,16H,8-9,11H2/t16-/m1/s1. The van der Waals surface area contributed by atoms with E-state index in [-0.39, 0.29) is 11.5 Å². The van der Waals surface area contributed by atoms with Crippen LogP contribution in [0.5, 0.6) is 0 Å². The van der Waals surface area contributed by atoms with E-state index in [1.54, 1.807) is 0 Å². The molecule has 27 heavy (non-hydrogen) atoms. The van der Waals surface area contributed by atoms with Crippen LogP contribution in [0.1, 0.15) is 17.5 Å². The number of ether oxygens (including phenoxy) is 1. The number of thioether (sulfide) groups is 1. The molecule has 2 aromatic carbocycles. The zero-order valence-electron chi connectivity index (χ0n) is 14.1. The van der Waals surface area contributed by atoms with Gasteiger partial charge in [-0.2, -0.15) is 13.2 Å². The summed E-state index contributed by atoms with van der Waals surface area (Å²) < 4.78 is 46.0. The Labute approximate surface area is 157 Å². The SMILES string of the molecule is O=C1OCC[C@H]1Sc1nc2cc(C(F)(F)F)ccc2n1Cc1ccccc1. The summed E-state index contributed by atoms with van der Waals surface area (Å²) in [6.45, 7) is 0.806. The number of imidazole rings is 1. The molecule has 140 valence electrons. The van der Waals surface area contributed by atoms with E-state index in [9.17, 15) is 18.0 Å². The normalized spacial score (nSPS) is 17.4. The van der Waals surface area contributed by atoms with Gasteiger partial charge in [0.1, 0.15) is 5.25 Å². The number of halogens is 3. The molecule has 1 aliphatic rings. The van der Waals surface area contributed by atoms with E-state index >= 15 is 0 Å². The molecule has 0 bridgehead atoms. The fraction of sp³-hybridized carbons (Fsp3) is 0.263. The Bertz CT molecular complexity index is 986. The molecule has 0 aliphatic carbocycles. The van der Waals surface area contributed by atoms with E-state index in [0.29, 0.717) is 30.2 Å². The Morgan fingerprint density at radius 2 is 1.96 bits per heavy atom. The van der Waals surface area contributed by atoms with Crippen LogP contribution < -0.4 is 0 Å². The molecule has 4 nitrogen and oxygen atoms in total. The molecule has 1 fully saturated rings. The summed E-state index contributed by atoms with van der Waals surface area (Å²) in [6.07, 6.45) is -3.87. The number of esters is 1. The van der Waals surface area contributed by atoms with Crippen molar-refractivity contribution >= 4 is 28.8 Å². The molecule has 2 heterocycles. The van der Waals surface area contributed by atoms with Crippen LogP contribution in [0.15, 0.2) is 53.7 Å². The number of carbonyl (C=O) groups is 1. The fourth-order valence-electron chi connectivity index (χ4n) is 3.00. The summed E-state index contributed by atoms with van der Waals surface area (Å²) in [5.41, 5.74) is 1.11. The summed E-state index contributed by atoms with van der Waals surface area (Å²) >= 11 is 1.24. The van der Waals surface area contributed by atoms with Gasteiger partial charge in [-0.25, -0.2) is 4.98 Å². The van der Waals surface area contributed by atoms with Gasteiger partial charge in [0, 0.05) is 6.42 Å². The Morgan fingerprint density at radius 1 is 1.19 bits per heavy atom. The van der Waals surface area contributed by atoms with Gasteiger partial charge in [-0.3, -0.25) is 4.79 Å². The second-order valence-electron chi connectivity index (χ2n) is 6.23. The fourth-order valence-corrected chi connectivity index (χ4v) is 4.08. The maximum atomic E-state index is 13.0. The summed E-state index contributed by atoms with van der Waals surface area (Å²) in [7, 11) is 0. The lowest BCUT2D eigenvalue weighted by Crippen LogP contribution is -2.11. The Morgan fingerprint density at radius 3 is 2.63 bits per heavy atom. The molecule has 0 saturated carbocycles. The molecule has 1 saturated heterocycles. The number of fused-ring (bicyclic) bond motifs is 1. The van der Waals surface area contributed by atoms with E-state index in [1.807, 2.05) is 34.9 Å². The third-order valence-electron chi connectivity index (χ3n) is 4.36. The van der Waals surface area contributed by atoms with Crippen molar-refractivity contribution in [1.82, 2.24) is 9.55 Å². The largest absolute Gasteiger partial charge is 0.465 e. The van der Waals surface area contributed by atoms with Gasteiger partial charge in [0.05, 0.1) is 29.7 Å². The average molecular weight is 392 g/mol. The van der Waals surface area contributed by atoms with E-state index in [1.165, 1.54) is 17.8 Å². The van der Waals surface area contributed by atoms with Crippen LogP contribution in [0.2, 0.25) is 0 Å². The van der Waals surface area contributed by atoms with Gasteiger partial charge >= 0.3 is 12.1 Å². The van der Waals surface area contributed by atoms with Crippen LogP contribution in [0, 0.1) is 0 Å². The molecule has 1 aliphatic heterocycles. The summed E-state index contributed by atoms with van der Waals surface area (Å²) in [5.74, 6) is -0.311. The summed E-state index contributed by atoms with van der Waals surface area (Å²) in [6, 6.07) is 13.1. The zero-order valence-corrected chi connectivity index (χ0v) is 14.9. The van der Waals surface area contributed by atoms with Crippen LogP contribution in [0.25, 0.3) is 11.0 Å². The minimum atomic E-state index is -4.43. The van der Waals surface area contributed by atoms with Gasteiger partial charge < -0.3 is 9.30 Å². The van der Waals surface area contributed by atoms with Crippen molar-refractivity contribution < 1.29 is 22.7 Å². The predicted molar refractivity (Wildman–Crippen MR) is 95.5 cm³/mol. The molecular formula is C19H15F3N2O2S. The predicted octanol–water partition coefficient (Wildman–Crippen LogP) is 4.51. The van der Waals surface area contributed by atoms with E-state index in [2.05, 4.69) is 4.98 Å². The number of carbonyl (C=O) groups excluding carboxylic acids is 1. The van der Waals surface area contributed by atoms with E-state index in [4.69, 9.17) is 4.74 Å². The number of hydrogen-bond acceptors (Lipinski definition) is 4. The molecule has 0 unspecified atom stereocenters. The number of alkyl halides is 3. The lowest BCUT2D eigenvalue weighted by molar-refractivity contribution is -0.138. The van der Waals surface area contributed by atoms with Crippen molar-refractivity contribution in [2.24, 2.45) is 0 Å². The minimum Gasteiger partial charge on any atom is -0.465 e. The van der Waals surface area contributed by atoms with E-state index in [0.717, 1.165) is 17.7 Å². The molecule has 0 amide bonds. The first kappa shape index (κ1) is 17.9. The molecular weight excluding hydrogens is 377 g/mol. The second kappa shape index (κ2) is 6.92. The van der Waals surface area contributed by atoms with Crippen LogP contribution in [-0.4, -0.2) is 27.4 Å². The maximum absolute atomic E-state index is 13.0. The monoisotopic (exact) mass is 392 g/mol. The summed E-state index contributed by atoms with van der Waals surface area (Å²) in [4.78, 5) is 16.2. The molecule has 0 spiro atoms. The Kier molecular flexibility index (Phi) is 4.59. The number of benzene rings is 2. The van der Waals surface area contributed by atoms with Crippen LogP contribution in [0.4, 0.5) is 13.2 Å². The Balaban J connectivity index is 1.78. The average Bonchev–Trinajstić information content (AvgIpc) is 3.19. The highest BCUT2D eigenvalue weighted by Gasteiger charge is 2.32. The first-order valence-electron chi connectivity index (χ1n) is 8.36. The van der Waals surface area contributed by atoms with Gasteiger partial charge in [0.25, 0.3) is 0 Å².